The minimum absolute atomic E-state index is 0.121. The molecule has 0 radical (unpaired) electrons. The van der Waals surface area contributed by atoms with Crippen molar-refractivity contribution in [3.05, 3.63) is 0 Å². The van der Waals surface area contributed by atoms with Crippen LogP contribution in [0.1, 0.15) is 26.2 Å². The van der Waals surface area contributed by atoms with Crippen molar-refractivity contribution in [1.29, 1.82) is 0 Å². The third kappa shape index (κ3) is 24.6. The first kappa shape index (κ1) is 28.6. The molecule has 0 heterocycles. The molecule has 0 aromatic rings. The second kappa shape index (κ2) is 23.8. The Morgan fingerprint density at radius 2 is 1.03 bits per heavy atom. The number of nitrogens with one attached hydrogen (secondary N) is 1. The number of carbonyl (C=O) groups excluding carboxylic acids is 3. The zero-order valence-electron chi connectivity index (χ0n) is 18.1. The van der Waals surface area contributed by atoms with Gasteiger partial charge >= 0.3 is 0 Å². The van der Waals surface area contributed by atoms with Crippen molar-refractivity contribution < 1.29 is 42.8 Å². The average Bonchev–Trinajstić information content (AvgIpc) is 2.73. The van der Waals surface area contributed by atoms with E-state index in [2.05, 4.69) is 5.32 Å². The maximum absolute atomic E-state index is 11.2. The molecule has 30 heavy (non-hydrogen) atoms. The molecule has 0 saturated heterocycles. The highest BCUT2D eigenvalue weighted by atomic mass is 16.6. The van der Waals surface area contributed by atoms with Gasteiger partial charge < -0.3 is 38.5 Å². The molecule has 0 aliphatic heterocycles. The Bertz CT molecular complexity index is 421. The number of amides is 1. The summed E-state index contributed by atoms with van der Waals surface area (Å²) in [5, 5.41) is 2.66. The number of hydrogen-bond acceptors (Lipinski definition) is 9. The maximum Gasteiger partial charge on any atom is 0.220 e. The van der Waals surface area contributed by atoms with E-state index in [4.69, 9.17) is 28.4 Å². The van der Waals surface area contributed by atoms with Gasteiger partial charge in [-0.3, -0.25) is 9.59 Å². The molecule has 1 amide bonds. The first-order chi connectivity index (χ1) is 14.7. The van der Waals surface area contributed by atoms with Crippen LogP contribution in [-0.2, 0) is 42.8 Å². The Hall–Kier alpha value is -1.43. The molecule has 0 bridgehead atoms. The van der Waals surface area contributed by atoms with Gasteiger partial charge in [0, 0.05) is 25.8 Å². The summed E-state index contributed by atoms with van der Waals surface area (Å²) in [6.07, 6.45) is 1.61. The Kier molecular flexibility index (Phi) is 22.7. The number of ketones is 1. The summed E-state index contributed by atoms with van der Waals surface area (Å²) in [6, 6.07) is 0. The Labute approximate surface area is 178 Å². The largest absolute Gasteiger partial charge is 0.379 e. The monoisotopic (exact) mass is 435 g/mol. The molecule has 0 fully saturated rings. The smallest absolute Gasteiger partial charge is 0.220 e. The quantitative estimate of drug-likeness (QED) is 0.167. The number of carbonyl (C=O) groups is 3. The van der Waals surface area contributed by atoms with E-state index in [1.54, 1.807) is 0 Å². The molecule has 0 aliphatic rings. The predicted molar refractivity (Wildman–Crippen MR) is 109 cm³/mol. The van der Waals surface area contributed by atoms with Crippen molar-refractivity contribution in [2.75, 3.05) is 85.8 Å². The van der Waals surface area contributed by atoms with E-state index >= 15 is 0 Å². The third-order valence-electron chi connectivity index (χ3n) is 3.52. The second-order valence-electron chi connectivity index (χ2n) is 6.18. The summed E-state index contributed by atoms with van der Waals surface area (Å²) in [5.74, 6) is -0.0298. The molecular weight excluding hydrogens is 398 g/mol. The first-order valence-electron chi connectivity index (χ1n) is 10.3. The van der Waals surface area contributed by atoms with E-state index in [9.17, 15) is 14.4 Å². The fraction of sp³-hybridized carbons (Fsp3) is 0.850. The Balaban J connectivity index is 3.07. The highest BCUT2D eigenvalue weighted by Crippen LogP contribution is 1.87. The van der Waals surface area contributed by atoms with Crippen LogP contribution in [0.15, 0.2) is 0 Å². The zero-order valence-corrected chi connectivity index (χ0v) is 18.1. The van der Waals surface area contributed by atoms with E-state index in [0.29, 0.717) is 92.2 Å². The average molecular weight is 436 g/mol. The van der Waals surface area contributed by atoms with Gasteiger partial charge in [0.25, 0.3) is 0 Å². The van der Waals surface area contributed by atoms with Gasteiger partial charge in [-0.1, -0.05) is 0 Å². The summed E-state index contributed by atoms with van der Waals surface area (Å²) in [6.45, 7) is 7.54. The maximum atomic E-state index is 11.2. The summed E-state index contributed by atoms with van der Waals surface area (Å²) in [4.78, 5) is 32.1. The van der Waals surface area contributed by atoms with Crippen LogP contribution in [-0.4, -0.2) is 104 Å². The van der Waals surface area contributed by atoms with E-state index in [1.165, 1.54) is 6.92 Å². The molecule has 0 spiro atoms. The standard InChI is InChI=1S/C20H37NO9/c1-19(23)4-7-25-9-11-27-13-15-29-17-18-30-16-14-28-12-10-26-8-5-21-20(24)3-2-6-22/h6H,2-5,7-18H2,1H3,(H,21,24). The molecule has 0 aliphatic carbocycles. The van der Waals surface area contributed by atoms with Gasteiger partial charge in [-0.2, -0.15) is 0 Å². The molecule has 0 rings (SSSR count). The van der Waals surface area contributed by atoms with Gasteiger partial charge in [0.15, 0.2) is 0 Å². The van der Waals surface area contributed by atoms with Crippen LogP contribution in [0.4, 0.5) is 0 Å². The van der Waals surface area contributed by atoms with Crippen LogP contribution in [0.5, 0.6) is 0 Å². The van der Waals surface area contributed by atoms with Gasteiger partial charge in [-0.25, -0.2) is 0 Å². The lowest BCUT2D eigenvalue weighted by Gasteiger charge is -2.08. The van der Waals surface area contributed by atoms with Crippen LogP contribution in [0.3, 0.4) is 0 Å². The summed E-state index contributed by atoms with van der Waals surface area (Å²) >= 11 is 0. The number of Topliss-reactive ketones (excluding diaryl/α,β-unsaturated/α-hetero) is 1. The van der Waals surface area contributed by atoms with Crippen molar-refractivity contribution in [2.24, 2.45) is 0 Å². The first-order valence-corrected chi connectivity index (χ1v) is 10.3. The van der Waals surface area contributed by atoms with Crippen molar-refractivity contribution >= 4 is 18.0 Å². The molecule has 0 aromatic carbocycles. The van der Waals surface area contributed by atoms with Gasteiger partial charge in [0.1, 0.15) is 12.1 Å². The Morgan fingerprint density at radius 1 is 0.633 bits per heavy atom. The molecule has 10 nitrogen and oxygen atoms in total. The summed E-state index contributed by atoms with van der Waals surface area (Å²) in [5.41, 5.74) is 0. The van der Waals surface area contributed by atoms with Crippen LogP contribution >= 0.6 is 0 Å². The van der Waals surface area contributed by atoms with E-state index in [1.807, 2.05) is 0 Å². The predicted octanol–water partition coefficient (Wildman–Crippen LogP) is 0.160. The lowest BCUT2D eigenvalue weighted by molar-refractivity contribution is -0.122. The molecule has 0 unspecified atom stereocenters. The van der Waals surface area contributed by atoms with Crippen molar-refractivity contribution in [3.8, 4) is 0 Å². The number of ether oxygens (including phenoxy) is 6. The molecule has 1 N–H and O–H groups in total. The normalized spacial score (nSPS) is 10.8. The van der Waals surface area contributed by atoms with Gasteiger partial charge in [-0.05, 0) is 6.92 Å². The fourth-order valence-electron chi connectivity index (χ4n) is 1.96. The van der Waals surface area contributed by atoms with Crippen LogP contribution in [0, 0.1) is 0 Å². The van der Waals surface area contributed by atoms with E-state index in [0.717, 1.165) is 6.29 Å². The summed E-state index contributed by atoms with van der Waals surface area (Å²) < 4.78 is 32.0. The van der Waals surface area contributed by atoms with Gasteiger partial charge in [0.2, 0.25) is 5.91 Å². The summed E-state index contributed by atoms with van der Waals surface area (Å²) in [7, 11) is 0. The fourth-order valence-corrected chi connectivity index (χ4v) is 1.96. The van der Waals surface area contributed by atoms with E-state index < -0.39 is 0 Å². The molecular formula is C20H37NO9. The minimum atomic E-state index is -0.150. The SMILES string of the molecule is CC(=O)CCOCCOCCOCCOCCOCCOCCNC(=O)CCC=O. The topological polar surface area (TPSA) is 119 Å². The Morgan fingerprint density at radius 3 is 1.43 bits per heavy atom. The highest BCUT2D eigenvalue weighted by Gasteiger charge is 1.99. The van der Waals surface area contributed by atoms with Gasteiger partial charge in [0.05, 0.1) is 79.3 Å². The lowest BCUT2D eigenvalue weighted by Crippen LogP contribution is -2.27. The minimum Gasteiger partial charge on any atom is -0.379 e. The van der Waals surface area contributed by atoms with Crippen LogP contribution in [0.25, 0.3) is 0 Å². The zero-order chi connectivity index (χ0) is 22.1. The number of rotatable bonds is 24. The molecule has 0 saturated carbocycles. The molecule has 0 atom stereocenters. The van der Waals surface area contributed by atoms with Crippen molar-refractivity contribution in [1.82, 2.24) is 5.32 Å². The third-order valence-corrected chi connectivity index (χ3v) is 3.52. The number of aldehydes is 1. The van der Waals surface area contributed by atoms with E-state index in [-0.39, 0.29) is 24.5 Å². The van der Waals surface area contributed by atoms with Crippen LogP contribution in [0.2, 0.25) is 0 Å². The molecule has 10 heteroatoms. The highest BCUT2D eigenvalue weighted by molar-refractivity contribution is 5.78. The van der Waals surface area contributed by atoms with Gasteiger partial charge in [-0.15, -0.1) is 0 Å². The van der Waals surface area contributed by atoms with Crippen LogP contribution < -0.4 is 5.32 Å². The molecule has 176 valence electrons. The van der Waals surface area contributed by atoms with Crippen molar-refractivity contribution in [3.63, 3.8) is 0 Å². The number of hydrogen-bond donors (Lipinski definition) is 1. The molecule has 0 aromatic heterocycles. The second-order valence-corrected chi connectivity index (χ2v) is 6.18. The van der Waals surface area contributed by atoms with Crippen molar-refractivity contribution in [2.45, 2.75) is 26.2 Å². The lowest BCUT2D eigenvalue weighted by atomic mass is 10.3.